The van der Waals surface area contributed by atoms with E-state index >= 15 is 0 Å². The number of carbonyl (C=O) groups excluding carboxylic acids is 2. The quantitative estimate of drug-likeness (QED) is 0.114. The van der Waals surface area contributed by atoms with Gasteiger partial charge in [0, 0.05) is 18.8 Å². The number of ether oxygens (including phenoxy) is 7. The number of rotatable bonds is 14. The van der Waals surface area contributed by atoms with Crippen LogP contribution in [0.25, 0.3) is 10.4 Å². The Hall–Kier alpha value is -3.67. The fourth-order valence-corrected chi connectivity index (χ4v) is 3.97. The number of benzene rings is 2. The molecule has 1 heterocycles. The maximum Gasteiger partial charge on any atom is 0.303 e. The number of nitrogens with zero attached hydrogens (tertiary/aromatic N) is 3. The molecule has 0 spiro atoms. The normalized spacial score (nSPS) is 22.4. The molecule has 39 heavy (non-hydrogen) atoms. The summed E-state index contributed by atoms with van der Waals surface area (Å²) in [4.78, 5) is 26.5. The van der Waals surface area contributed by atoms with Gasteiger partial charge in [-0.1, -0.05) is 47.6 Å². The second-order valence-corrected chi connectivity index (χ2v) is 8.65. The van der Waals surface area contributed by atoms with Crippen molar-refractivity contribution >= 4 is 11.9 Å². The van der Waals surface area contributed by atoms with Crippen molar-refractivity contribution in [1.82, 2.24) is 0 Å². The van der Waals surface area contributed by atoms with Crippen molar-refractivity contribution in [3.63, 3.8) is 0 Å². The molecule has 1 aliphatic heterocycles. The molecular formula is C27H33N3O9. The van der Waals surface area contributed by atoms with Crippen molar-refractivity contribution in [3.05, 3.63) is 76.2 Å². The van der Waals surface area contributed by atoms with Crippen LogP contribution in [0.5, 0.6) is 5.75 Å². The van der Waals surface area contributed by atoms with E-state index in [0.29, 0.717) is 6.61 Å². The van der Waals surface area contributed by atoms with Gasteiger partial charge >= 0.3 is 11.9 Å². The van der Waals surface area contributed by atoms with Gasteiger partial charge in [0.2, 0.25) is 0 Å². The van der Waals surface area contributed by atoms with Crippen LogP contribution in [-0.4, -0.2) is 69.5 Å². The lowest BCUT2D eigenvalue weighted by molar-refractivity contribution is -0.281. The van der Waals surface area contributed by atoms with E-state index in [1.807, 2.05) is 54.6 Å². The van der Waals surface area contributed by atoms with Gasteiger partial charge in [-0.15, -0.1) is 0 Å². The Labute approximate surface area is 226 Å². The summed E-state index contributed by atoms with van der Waals surface area (Å²) in [5, 5.41) is 3.81. The average molecular weight is 544 g/mol. The van der Waals surface area contributed by atoms with Crippen molar-refractivity contribution in [3.8, 4) is 5.75 Å². The molecule has 210 valence electrons. The van der Waals surface area contributed by atoms with Gasteiger partial charge in [0.15, 0.2) is 6.29 Å². The van der Waals surface area contributed by atoms with Crippen LogP contribution >= 0.6 is 0 Å². The third kappa shape index (κ3) is 9.54. The highest BCUT2D eigenvalue weighted by atomic mass is 16.7. The number of hydrogen-bond acceptors (Lipinski definition) is 10. The lowest BCUT2D eigenvalue weighted by atomic mass is 9.96. The maximum atomic E-state index is 12.0. The molecule has 0 amide bonds. The summed E-state index contributed by atoms with van der Waals surface area (Å²) in [6.45, 7) is 3.10. The molecule has 0 radical (unpaired) electrons. The van der Waals surface area contributed by atoms with Gasteiger partial charge < -0.3 is 33.2 Å². The second-order valence-electron chi connectivity index (χ2n) is 8.65. The first-order chi connectivity index (χ1) is 18.9. The number of carbonyl (C=O) groups is 2. The SMILES string of the molecule is COc1ccc(COCCO[C@H]2O[C@H](COC(C)=O)[C@@H](OCc3ccccc3)[C@H](OC(C)=O)[C@H]2N=[N+]=[N-])cc1. The Morgan fingerprint density at radius 2 is 1.64 bits per heavy atom. The molecule has 3 rings (SSSR count). The Morgan fingerprint density at radius 3 is 2.28 bits per heavy atom. The first kappa shape index (κ1) is 29.9. The molecule has 1 saturated heterocycles. The van der Waals surface area contributed by atoms with E-state index in [4.69, 9.17) is 33.2 Å². The largest absolute Gasteiger partial charge is 0.497 e. The van der Waals surface area contributed by atoms with E-state index in [9.17, 15) is 15.1 Å². The molecule has 2 aromatic rings. The number of hydrogen-bond donors (Lipinski definition) is 0. The summed E-state index contributed by atoms with van der Waals surface area (Å²) >= 11 is 0. The summed E-state index contributed by atoms with van der Waals surface area (Å²) in [6, 6.07) is 15.7. The Morgan fingerprint density at radius 1 is 0.923 bits per heavy atom. The summed E-state index contributed by atoms with van der Waals surface area (Å²) < 4.78 is 39.6. The van der Waals surface area contributed by atoms with Crippen molar-refractivity contribution in [2.45, 2.75) is 57.7 Å². The monoisotopic (exact) mass is 543 g/mol. The smallest absolute Gasteiger partial charge is 0.303 e. The molecule has 1 fully saturated rings. The van der Waals surface area contributed by atoms with Crippen LogP contribution in [-0.2, 0) is 51.2 Å². The van der Waals surface area contributed by atoms with Gasteiger partial charge in [0.05, 0.1) is 33.5 Å². The Balaban J connectivity index is 1.70. The Kier molecular flexibility index (Phi) is 12.0. The average Bonchev–Trinajstić information content (AvgIpc) is 2.93. The fraction of sp³-hybridized carbons (Fsp3) is 0.481. The molecule has 12 nitrogen and oxygen atoms in total. The van der Waals surface area contributed by atoms with E-state index < -0.39 is 42.6 Å². The first-order valence-corrected chi connectivity index (χ1v) is 12.4. The van der Waals surface area contributed by atoms with E-state index in [2.05, 4.69) is 10.0 Å². The molecular weight excluding hydrogens is 510 g/mol. The zero-order valence-corrected chi connectivity index (χ0v) is 22.1. The van der Waals surface area contributed by atoms with Crippen LogP contribution in [0.4, 0.5) is 0 Å². The van der Waals surface area contributed by atoms with Crippen molar-refractivity contribution in [1.29, 1.82) is 0 Å². The highest BCUT2D eigenvalue weighted by molar-refractivity contribution is 5.66. The highest BCUT2D eigenvalue weighted by Crippen LogP contribution is 2.30. The van der Waals surface area contributed by atoms with E-state index in [1.54, 1.807) is 7.11 Å². The zero-order valence-electron chi connectivity index (χ0n) is 22.1. The molecule has 0 N–H and O–H groups in total. The van der Waals surface area contributed by atoms with Crippen LogP contribution in [0.3, 0.4) is 0 Å². The molecule has 0 unspecified atom stereocenters. The summed E-state index contributed by atoms with van der Waals surface area (Å²) in [5.74, 6) is -0.385. The van der Waals surface area contributed by atoms with Gasteiger partial charge in [0.25, 0.3) is 0 Å². The third-order valence-electron chi connectivity index (χ3n) is 5.78. The Bertz CT molecular complexity index is 1090. The van der Waals surface area contributed by atoms with E-state index in [1.165, 1.54) is 13.8 Å². The minimum absolute atomic E-state index is 0.0842. The van der Waals surface area contributed by atoms with Crippen LogP contribution in [0.1, 0.15) is 25.0 Å². The second kappa shape index (κ2) is 15.7. The van der Waals surface area contributed by atoms with Gasteiger partial charge in [-0.25, -0.2) is 0 Å². The molecule has 1 aliphatic rings. The molecule has 12 heteroatoms. The minimum atomic E-state index is -1.12. The molecule has 2 aromatic carbocycles. The van der Waals surface area contributed by atoms with E-state index in [-0.39, 0.29) is 26.4 Å². The topological polar surface area (TPSA) is 148 Å². The molecule has 5 atom stereocenters. The van der Waals surface area contributed by atoms with Gasteiger partial charge in [0.1, 0.15) is 36.7 Å². The summed E-state index contributed by atoms with van der Waals surface area (Å²) in [5.41, 5.74) is 11.1. The first-order valence-electron chi connectivity index (χ1n) is 12.4. The van der Waals surface area contributed by atoms with Crippen LogP contribution < -0.4 is 4.74 Å². The predicted molar refractivity (Wildman–Crippen MR) is 137 cm³/mol. The maximum absolute atomic E-state index is 12.0. The number of azide groups is 1. The molecule has 0 bridgehead atoms. The molecule has 0 aromatic heterocycles. The lowest BCUT2D eigenvalue weighted by Crippen LogP contribution is -2.61. The van der Waals surface area contributed by atoms with Crippen LogP contribution in [0, 0.1) is 0 Å². The lowest BCUT2D eigenvalue weighted by Gasteiger charge is -2.43. The highest BCUT2D eigenvalue weighted by Gasteiger charge is 2.49. The minimum Gasteiger partial charge on any atom is -0.497 e. The summed E-state index contributed by atoms with van der Waals surface area (Å²) in [6.07, 6.45) is -3.99. The van der Waals surface area contributed by atoms with E-state index in [0.717, 1.165) is 16.9 Å². The zero-order chi connectivity index (χ0) is 28.0. The fourth-order valence-electron chi connectivity index (χ4n) is 3.97. The third-order valence-corrected chi connectivity index (χ3v) is 5.78. The number of esters is 2. The standard InChI is InChI=1S/C27H33N3O9/c1-18(31)36-17-23-25(37-16-20-7-5-4-6-8-20)26(38-19(2)32)24(29-30-28)27(39-23)35-14-13-34-15-21-9-11-22(33-3)12-10-21/h4-12,23-27H,13-17H2,1-3H3/t23-,24-,25-,26-,27+/m1/s1. The van der Waals surface area contributed by atoms with Crippen molar-refractivity contribution in [2.75, 3.05) is 26.9 Å². The van der Waals surface area contributed by atoms with Gasteiger partial charge in [-0.2, -0.15) is 0 Å². The van der Waals surface area contributed by atoms with Crippen LogP contribution in [0.2, 0.25) is 0 Å². The molecule has 0 aliphatic carbocycles. The number of methoxy groups -OCH3 is 1. The van der Waals surface area contributed by atoms with Crippen molar-refractivity contribution in [2.24, 2.45) is 5.11 Å². The molecule has 0 saturated carbocycles. The predicted octanol–water partition coefficient (Wildman–Crippen LogP) is 3.71. The van der Waals surface area contributed by atoms with Gasteiger partial charge in [-0.3, -0.25) is 9.59 Å². The summed E-state index contributed by atoms with van der Waals surface area (Å²) in [7, 11) is 1.60. The van der Waals surface area contributed by atoms with Crippen LogP contribution in [0.15, 0.2) is 59.7 Å². The van der Waals surface area contributed by atoms with Crippen molar-refractivity contribution < 1.29 is 42.7 Å². The van der Waals surface area contributed by atoms with Gasteiger partial charge in [-0.05, 0) is 28.8 Å².